The van der Waals surface area contributed by atoms with Gasteiger partial charge >= 0.3 is 0 Å². The lowest BCUT2D eigenvalue weighted by atomic mass is 10.1. The number of likely N-dealkylation sites (tertiary alicyclic amines) is 1. The Labute approximate surface area is 134 Å². The van der Waals surface area contributed by atoms with E-state index >= 15 is 0 Å². The summed E-state index contributed by atoms with van der Waals surface area (Å²) in [6, 6.07) is 5.30. The maximum Gasteiger partial charge on any atom is 0.258 e. The van der Waals surface area contributed by atoms with E-state index < -0.39 is 0 Å². The number of hydrogen-bond acceptors (Lipinski definition) is 4. The summed E-state index contributed by atoms with van der Waals surface area (Å²) in [7, 11) is 0. The Morgan fingerprint density at radius 2 is 2.24 bits per heavy atom. The standard InChI is InChI=1S/C14H17ClN4O.ClH/c15-10-3-4-13-17-12(6-14(20)19(13)7-10)9-18-5-1-2-11(16)8-18;/h3-4,6-7,11H,1-2,5,8-9,16H2;1H. The lowest BCUT2D eigenvalue weighted by molar-refractivity contribution is 0.199. The zero-order valence-corrected chi connectivity index (χ0v) is 13.1. The van der Waals surface area contributed by atoms with Gasteiger partial charge in [-0.25, -0.2) is 4.98 Å². The van der Waals surface area contributed by atoms with Crippen molar-refractivity contribution in [2.45, 2.75) is 25.4 Å². The van der Waals surface area contributed by atoms with Crippen molar-refractivity contribution in [1.29, 1.82) is 0 Å². The van der Waals surface area contributed by atoms with Gasteiger partial charge in [-0.2, -0.15) is 0 Å². The van der Waals surface area contributed by atoms with E-state index in [2.05, 4.69) is 9.88 Å². The fourth-order valence-electron chi connectivity index (χ4n) is 2.67. The summed E-state index contributed by atoms with van der Waals surface area (Å²) in [4.78, 5) is 18.8. The number of halogens is 2. The molecule has 21 heavy (non-hydrogen) atoms. The van der Waals surface area contributed by atoms with Gasteiger partial charge in [-0.05, 0) is 31.5 Å². The van der Waals surface area contributed by atoms with Gasteiger partial charge in [-0.3, -0.25) is 14.1 Å². The van der Waals surface area contributed by atoms with Crippen LogP contribution in [0.1, 0.15) is 18.5 Å². The van der Waals surface area contributed by atoms with Crippen molar-refractivity contribution in [2.75, 3.05) is 13.1 Å². The predicted octanol–water partition coefficient (Wildman–Crippen LogP) is 1.69. The fourth-order valence-corrected chi connectivity index (χ4v) is 2.83. The molecule has 0 bridgehead atoms. The second-order valence-corrected chi connectivity index (χ2v) is 5.74. The van der Waals surface area contributed by atoms with Gasteiger partial charge in [0.15, 0.2) is 0 Å². The highest BCUT2D eigenvalue weighted by Gasteiger charge is 2.17. The number of nitrogens with two attached hydrogens (primary N) is 1. The first-order valence-corrected chi connectivity index (χ1v) is 7.15. The predicted molar refractivity (Wildman–Crippen MR) is 86.2 cm³/mol. The summed E-state index contributed by atoms with van der Waals surface area (Å²) in [5.41, 5.74) is 7.28. The van der Waals surface area contributed by atoms with Gasteiger partial charge in [-0.1, -0.05) is 11.6 Å². The van der Waals surface area contributed by atoms with E-state index in [1.165, 1.54) is 4.40 Å². The average Bonchev–Trinajstić information content (AvgIpc) is 2.40. The van der Waals surface area contributed by atoms with Crippen LogP contribution < -0.4 is 11.3 Å². The molecule has 1 saturated heterocycles. The first kappa shape index (κ1) is 16.2. The average molecular weight is 329 g/mol. The molecule has 2 aromatic rings. The van der Waals surface area contributed by atoms with Gasteiger partial charge in [-0.15, -0.1) is 12.4 Å². The van der Waals surface area contributed by atoms with Crippen molar-refractivity contribution in [2.24, 2.45) is 5.73 Å². The van der Waals surface area contributed by atoms with Crippen LogP contribution in [0.4, 0.5) is 0 Å². The molecule has 1 unspecified atom stereocenters. The van der Waals surface area contributed by atoms with E-state index in [0.29, 0.717) is 17.2 Å². The van der Waals surface area contributed by atoms with Crippen LogP contribution in [-0.4, -0.2) is 33.4 Å². The zero-order chi connectivity index (χ0) is 14.1. The molecule has 114 valence electrons. The van der Waals surface area contributed by atoms with Crippen molar-refractivity contribution in [3.8, 4) is 0 Å². The third-order valence-electron chi connectivity index (χ3n) is 3.60. The molecule has 0 saturated carbocycles. The van der Waals surface area contributed by atoms with Crippen molar-refractivity contribution >= 4 is 29.7 Å². The maximum absolute atomic E-state index is 12.1. The minimum Gasteiger partial charge on any atom is -0.327 e. The molecule has 2 aromatic heterocycles. The zero-order valence-electron chi connectivity index (χ0n) is 11.5. The summed E-state index contributed by atoms with van der Waals surface area (Å²) in [6.45, 7) is 2.54. The molecule has 7 heteroatoms. The highest BCUT2D eigenvalue weighted by atomic mass is 35.5. The van der Waals surface area contributed by atoms with Crippen molar-refractivity contribution in [3.05, 3.63) is 45.5 Å². The summed E-state index contributed by atoms with van der Waals surface area (Å²) in [5.74, 6) is 0. The number of hydrogen-bond donors (Lipinski definition) is 1. The Morgan fingerprint density at radius 3 is 3.00 bits per heavy atom. The van der Waals surface area contributed by atoms with E-state index in [1.807, 2.05) is 0 Å². The quantitative estimate of drug-likeness (QED) is 0.911. The highest BCUT2D eigenvalue weighted by molar-refractivity contribution is 6.30. The summed E-state index contributed by atoms with van der Waals surface area (Å²) in [5, 5.41) is 0.524. The number of pyridine rings is 1. The molecule has 0 aromatic carbocycles. The molecule has 5 nitrogen and oxygen atoms in total. The van der Waals surface area contributed by atoms with Crippen LogP contribution in [0.5, 0.6) is 0 Å². The molecular formula is C14H18Cl2N4O. The van der Waals surface area contributed by atoms with Gasteiger partial charge in [0.25, 0.3) is 5.56 Å². The van der Waals surface area contributed by atoms with Crippen molar-refractivity contribution in [3.63, 3.8) is 0 Å². The van der Waals surface area contributed by atoms with Crippen LogP contribution in [0.15, 0.2) is 29.2 Å². The van der Waals surface area contributed by atoms with E-state index in [0.717, 1.165) is 31.6 Å². The molecule has 0 amide bonds. The molecular weight excluding hydrogens is 311 g/mol. The van der Waals surface area contributed by atoms with Crippen molar-refractivity contribution in [1.82, 2.24) is 14.3 Å². The van der Waals surface area contributed by atoms with Crippen LogP contribution in [-0.2, 0) is 6.54 Å². The largest absolute Gasteiger partial charge is 0.327 e. The molecule has 0 radical (unpaired) electrons. The molecule has 1 atom stereocenters. The van der Waals surface area contributed by atoms with Crippen LogP contribution in [0.2, 0.25) is 5.02 Å². The summed E-state index contributed by atoms with van der Waals surface area (Å²) < 4.78 is 1.47. The van der Waals surface area contributed by atoms with Gasteiger partial charge in [0.05, 0.1) is 10.7 Å². The fraction of sp³-hybridized carbons (Fsp3) is 0.429. The highest BCUT2D eigenvalue weighted by Crippen LogP contribution is 2.12. The number of aromatic nitrogens is 2. The summed E-state index contributed by atoms with van der Waals surface area (Å²) >= 11 is 5.89. The molecule has 1 aliphatic rings. The van der Waals surface area contributed by atoms with Crippen LogP contribution in [0.3, 0.4) is 0 Å². The molecule has 3 heterocycles. The molecule has 0 aliphatic carbocycles. The normalized spacial score (nSPS) is 19.4. The number of nitrogens with zero attached hydrogens (tertiary/aromatic N) is 3. The van der Waals surface area contributed by atoms with E-state index in [-0.39, 0.29) is 24.0 Å². The monoisotopic (exact) mass is 328 g/mol. The molecule has 0 spiro atoms. The Balaban J connectivity index is 0.00000161. The SMILES string of the molecule is Cl.NC1CCCN(Cc2cc(=O)n3cc(Cl)ccc3n2)C1. The van der Waals surface area contributed by atoms with E-state index in [4.69, 9.17) is 17.3 Å². The second-order valence-electron chi connectivity index (χ2n) is 5.30. The second kappa shape index (κ2) is 6.75. The number of fused-ring (bicyclic) bond motifs is 1. The Hall–Kier alpha value is -1.14. The molecule has 3 rings (SSSR count). The number of rotatable bonds is 2. The molecule has 2 N–H and O–H groups in total. The Morgan fingerprint density at radius 1 is 1.43 bits per heavy atom. The minimum absolute atomic E-state index is 0. The maximum atomic E-state index is 12.1. The first-order chi connectivity index (χ1) is 9.61. The minimum atomic E-state index is -0.103. The van der Waals surface area contributed by atoms with Crippen molar-refractivity contribution < 1.29 is 0 Å². The summed E-state index contributed by atoms with van der Waals surface area (Å²) in [6.07, 6.45) is 3.76. The van der Waals surface area contributed by atoms with Gasteiger partial charge in [0, 0.05) is 31.4 Å². The smallest absolute Gasteiger partial charge is 0.258 e. The Kier molecular flexibility index (Phi) is 5.22. The molecule has 1 aliphatic heterocycles. The third-order valence-corrected chi connectivity index (χ3v) is 3.83. The third kappa shape index (κ3) is 3.74. The number of piperidine rings is 1. The Bertz CT molecular complexity index is 688. The first-order valence-electron chi connectivity index (χ1n) is 6.77. The van der Waals surface area contributed by atoms with Gasteiger partial charge < -0.3 is 5.73 Å². The van der Waals surface area contributed by atoms with Gasteiger partial charge in [0.2, 0.25) is 0 Å². The topological polar surface area (TPSA) is 63.6 Å². The van der Waals surface area contributed by atoms with E-state index in [9.17, 15) is 4.79 Å². The van der Waals surface area contributed by atoms with Crippen LogP contribution >= 0.6 is 24.0 Å². The van der Waals surface area contributed by atoms with Crippen LogP contribution in [0.25, 0.3) is 5.65 Å². The van der Waals surface area contributed by atoms with Gasteiger partial charge in [0.1, 0.15) is 5.65 Å². The van der Waals surface area contributed by atoms with E-state index in [1.54, 1.807) is 24.4 Å². The lowest BCUT2D eigenvalue weighted by Gasteiger charge is -2.30. The molecule has 1 fully saturated rings. The lowest BCUT2D eigenvalue weighted by Crippen LogP contribution is -2.42. The van der Waals surface area contributed by atoms with Crippen LogP contribution in [0, 0.1) is 0 Å².